The minimum atomic E-state index is -0.546. The summed E-state index contributed by atoms with van der Waals surface area (Å²) in [6.07, 6.45) is 1.54. The third kappa shape index (κ3) is 1.94. The van der Waals surface area contributed by atoms with E-state index in [1.165, 1.54) is 22.3 Å². The second kappa shape index (κ2) is 6.10. The molecular formula is C27H27NO3. The molecule has 4 atom stereocenters. The molecule has 158 valence electrons. The first-order chi connectivity index (χ1) is 15.0. The van der Waals surface area contributed by atoms with Gasteiger partial charge in [0.2, 0.25) is 5.91 Å². The molecule has 0 radical (unpaired) electrons. The van der Waals surface area contributed by atoms with Gasteiger partial charge < -0.3 is 14.1 Å². The van der Waals surface area contributed by atoms with E-state index in [1.54, 1.807) is 13.4 Å². The van der Waals surface area contributed by atoms with Crippen molar-refractivity contribution in [2.24, 2.45) is 11.8 Å². The Kier molecular flexibility index (Phi) is 3.72. The number of benzene rings is 2. The van der Waals surface area contributed by atoms with E-state index in [-0.39, 0.29) is 29.8 Å². The van der Waals surface area contributed by atoms with Gasteiger partial charge in [0, 0.05) is 26.0 Å². The summed E-state index contributed by atoms with van der Waals surface area (Å²) in [5.74, 6) is 0.948. The van der Waals surface area contributed by atoms with Gasteiger partial charge in [-0.15, -0.1) is 0 Å². The molecule has 4 nitrogen and oxygen atoms in total. The molecule has 1 fully saturated rings. The maximum atomic E-state index is 14.1. The van der Waals surface area contributed by atoms with Crippen molar-refractivity contribution < 1.29 is 13.9 Å². The van der Waals surface area contributed by atoms with Crippen molar-refractivity contribution >= 4 is 5.91 Å². The summed E-state index contributed by atoms with van der Waals surface area (Å²) in [7, 11) is 3.69. The molecule has 3 aromatic rings. The number of nitrogens with zero attached hydrogens (tertiary/aromatic N) is 1. The SMILES string of the molecule is COC(C)C12c3ccccc3C(c3ccccc31)[C@H]1[C@@H]2C(=O)N(C)[C@]1(C)c1ccco1. The maximum absolute atomic E-state index is 14.1. The highest BCUT2D eigenvalue weighted by atomic mass is 16.5. The van der Waals surface area contributed by atoms with Crippen LogP contribution in [0.15, 0.2) is 71.3 Å². The van der Waals surface area contributed by atoms with E-state index in [9.17, 15) is 4.79 Å². The van der Waals surface area contributed by atoms with Crippen LogP contribution in [-0.4, -0.2) is 31.1 Å². The van der Waals surface area contributed by atoms with Crippen molar-refractivity contribution in [1.82, 2.24) is 4.90 Å². The number of amides is 1. The second-order valence-electron chi connectivity index (χ2n) is 9.42. The molecular weight excluding hydrogens is 386 g/mol. The fourth-order valence-electron chi connectivity index (χ4n) is 7.23. The molecule has 1 unspecified atom stereocenters. The molecule has 2 heterocycles. The predicted octanol–water partition coefficient (Wildman–Crippen LogP) is 4.68. The Bertz CT molecular complexity index is 1140. The Morgan fingerprint density at radius 2 is 1.61 bits per heavy atom. The number of carbonyl (C=O) groups excluding carboxylic acids is 1. The second-order valence-corrected chi connectivity index (χ2v) is 9.42. The zero-order valence-corrected chi connectivity index (χ0v) is 18.3. The van der Waals surface area contributed by atoms with Crippen molar-refractivity contribution in [2.75, 3.05) is 14.2 Å². The van der Waals surface area contributed by atoms with Crippen LogP contribution < -0.4 is 0 Å². The highest BCUT2D eigenvalue weighted by molar-refractivity contribution is 5.89. The molecule has 2 aromatic carbocycles. The fraction of sp³-hybridized carbons (Fsp3) is 0.370. The van der Waals surface area contributed by atoms with E-state index in [1.807, 2.05) is 24.1 Å². The van der Waals surface area contributed by atoms with Gasteiger partial charge in [-0.2, -0.15) is 0 Å². The average Bonchev–Trinajstić information content (AvgIpc) is 3.42. The summed E-state index contributed by atoms with van der Waals surface area (Å²) < 4.78 is 12.0. The van der Waals surface area contributed by atoms with Crippen LogP contribution in [0.3, 0.4) is 0 Å². The van der Waals surface area contributed by atoms with Gasteiger partial charge >= 0.3 is 0 Å². The van der Waals surface area contributed by atoms with E-state index in [4.69, 9.17) is 9.15 Å². The zero-order valence-electron chi connectivity index (χ0n) is 18.3. The lowest BCUT2D eigenvalue weighted by Crippen LogP contribution is -2.60. The summed E-state index contributed by atoms with van der Waals surface area (Å²) >= 11 is 0. The van der Waals surface area contributed by atoms with Crippen LogP contribution in [0.25, 0.3) is 0 Å². The molecule has 4 heteroatoms. The molecule has 0 spiro atoms. The average molecular weight is 414 g/mol. The van der Waals surface area contributed by atoms with Crippen molar-refractivity contribution in [2.45, 2.75) is 36.8 Å². The number of carbonyl (C=O) groups is 1. The van der Waals surface area contributed by atoms with E-state index in [0.717, 1.165) is 5.76 Å². The number of ether oxygens (including phenoxy) is 1. The number of methoxy groups -OCH3 is 1. The third-order valence-corrected chi connectivity index (χ3v) is 8.65. The zero-order chi connectivity index (χ0) is 21.5. The normalized spacial score (nSPS) is 33.7. The first kappa shape index (κ1) is 18.9. The molecule has 1 aliphatic heterocycles. The van der Waals surface area contributed by atoms with Gasteiger partial charge in [-0.3, -0.25) is 4.79 Å². The van der Waals surface area contributed by atoms with Crippen LogP contribution in [0.2, 0.25) is 0 Å². The van der Waals surface area contributed by atoms with Gasteiger partial charge in [0.25, 0.3) is 0 Å². The highest BCUT2D eigenvalue weighted by Gasteiger charge is 2.72. The standard InChI is InChI=1S/C27H27NO3/c1-16(30-4)27-19-12-7-5-10-17(19)22(18-11-6-8-13-20(18)27)23-24(27)25(29)28(3)26(23,2)21-14-9-15-31-21/h5-16,22-24H,1-4H3/t16?,22?,23-,24+,26+,27?/m0/s1. The quantitative estimate of drug-likeness (QED) is 0.626. The van der Waals surface area contributed by atoms with Gasteiger partial charge in [0.05, 0.1) is 23.7 Å². The van der Waals surface area contributed by atoms with Gasteiger partial charge in [0.1, 0.15) is 11.3 Å². The van der Waals surface area contributed by atoms with E-state index < -0.39 is 11.0 Å². The van der Waals surface area contributed by atoms with Crippen LogP contribution in [-0.2, 0) is 20.5 Å². The molecule has 1 amide bonds. The largest absolute Gasteiger partial charge is 0.467 e. The van der Waals surface area contributed by atoms with Crippen LogP contribution in [0.1, 0.15) is 47.8 Å². The molecule has 1 saturated heterocycles. The Hall–Kier alpha value is -2.85. The van der Waals surface area contributed by atoms with Crippen molar-refractivity contribution in [3.63, 3.8) is 0 Å². The van der Waals surface area contributed by atoms with E-state index in [2.05, 4.69) is 62.4 Å². The molecule has 7 rings (SSSR count). The molecule has 0 saturated carbocycles. The molecule has 3 aliphatic carbocycles. The summed E-state index contributed by atoms with van der Waals surface area (Å²) in [6.45, 7) is 4.29. The number of rotatable bonds is 3. The third-order valence-electron chi connectivity index (χ3n) is 8.65. The smallest absolute Gasteiger partial charge is 0.228 e. The van der Waals surface area contributed by atoms with Crippen molar-refractivity contribution in [3.8, 4) is 0 Å². The van der Waals surface area contributed by atoms with Crippen LogP contribution in [0.5, 0.6) is 0 Å². The number of likely N-dealkylation sites (tertiary alicyclic amines) is 1. The Morgan fingerprint density at radius 3 is 2.16 bits per heavy atom. The minimum absolute atomic E-state index is 0.0403. The Labute approximate surface area is 182 Å². The van der Waals surface area contributed by atoms with Gasteiger partial charge in [-0.25, -0.2) is 0 Å². The fourth-order valence-corrected chi connectivity index (χ4v) is 7.23. The lowest BCUT2D eigenvalue weighted by Gasteiger charge is -2.58. The number of hydrogen-bond donors (Lipinski definition) is 0. The lowest BCUT2D eigenvalue weighted by molar-refractivity contribution is -0.135. The van der Waals surface area contributed by atoms with Gasteiger partial charge in [-0.05, 0) is 48.2 Å². The summed E-state index contributed by atoms with van der Waals surface area (Å²) in [6, 6.07) is 21.3. The Morgan fingerprint density at radius 1 is 1.00 bits per heavy atom. The van der Waals surface area contributed by atoms with Gasteiger partial charge in [0.15, 0.2) is 0 Å². The van der Waals surface area contributed by atoms with E-state index in [0.29, 0.717) is 0 Å². The summed E-state index contributed by atoms with van der Waals surface area (Å²) in [5, 5.41) is 0. The molecule has 0 N–H and O–H groups in total. The first-order valence-electron chi connectivity index (χ1n) is 11.0. The number of hydrogen-bond acceptors (Lipinski definition) is 3. The summed E-state index contributed by atoms with van der Waals surface area (Å²) in [5.41, 5.74) is 4.01. The van der Waals surface area contributed by atoms with Crippen LogP contribution >= 0.6 is 0 Å². The minimum Gasteiger partial charge on any atom is -0.467 e. The Balaban J connectivity index is 1.76. The molecule has 31 heavy (non-hydrogen) atoms. The predicted molar refractivity (Wildman–Crippen MR) is 118 cm³/mol. The van der Waals surface area contributed by atoms with Crippen LogP contribution in [0.4, 0.5) is 0 Å². The number of furan rings is 1. The van der Waals surface area contributed by atoms with Crippen molar-refractivity contribution in [1.29, 1.82) is 0 Å². The van der Waals surface area contributed by atoms with Gasteiger partial charge in [-0.1, -0.05) is 48.5 Å². The topological polar surface area (TPSA) is 42.7 Å². The highest BCUT2D eigenvalue weighted by Crippen LogP contribution is 2.69. The molecule has 2 bridgehead atoms. The molecule has 1 aromatic heterocycles. The van der Waals surface area contributed by atoms with E-state index >= 15 is 0 Å². The maximum Gasteiger partial charge on any atom is 0.228 e. The summed E-state index contributed by atoms with van der Waals surface area (Å²) in [4.78, 5) is 16.0. The van der Waals surface area contributed by atoms with Crippen molar-refractivity contribution in [3.05, 3.63) is 94.9 Å². The van der Waals surface area contributed by atoms with Crippen LogP contribution in [0, 0.1) is 11.8 Å². The monoisotopic (exact) mass is 413 g/mol. The first-order valence-corrected chi connectivity index (χ1v) is 11.0. The molecule has 4 aliphatic rings. The lowest BCUT2D eigenvalue weighted by atomic mass is 9.44.